The van der Waals surface area contributed by atoms with E-state index in [4.69, 9.17) is 4.74 Å². The third-order valence-corrected chi connectivity index (χ3v) is 4.86. The number of nitrogens with zero attached hydrogens (tertiary/aromatic N) is 1. The first-order chi connectivity index (χ1) is 12.5. The first-order valence-corrected chi connectivity index (χ1v) is 9.35. The van der Waals surface area contributed by atoms with E-state index in [1.165, 1.54) is 17.0 Å². The minimum Gasteiger partial charge on any atom is -0.445 e. The van der Waals surface area contributed by atoms with E-state index in [9.17, 15) is 14.0 Å². The summed E-state index contributed by atoms with van der Waals surface area (Å²) in [6, 6.07) is 13.3. The summed E-state index contributed by atoms with van der Waals surface area (Å²) in [6.07, 6.45) is 0.695. The summed E-state index contributed by atoms with van der Waals surface area (Å²) in [6.45, 7) is 0.594. The SMILES string of the molecule is O=C(Nc1ccc(I)cc1F)[C@@H]1CCCN1C(=O)OCc1ccccc1. The van der Waals surface area contributed by atoms with Crippen LogP contribution in [0.15, 0.2) is 48.5 Å². The zero-order valence-corrected chi connectivity index (χ0v) is 16.1. The molecule has 1 N–H and O–H groups in total. The molecule has 0 aromatic heterocycles. The van der Waals surface area contributed by atoms with Crippen LogP contribution >= 0.6 is 22.6 Å². The minimum absolute atomic E-state index is 0.111. The number of hydrogen-bond acceptors (Lipinski definition) is 3. The summed E-state index contributed by atoms with van der Waals surface area (Å²) >= 11 is 2.00. The van der Waals surface area contributed by atoms with E-state index in [1.54, 1.807) is 6.07 Å². The van der Waals surface area contributed by atoms with Crippen LogP contribution in [0.4, 0.5) is 14.9 Å². The summed E-state index contributed by atoms with van der Waals surface area (Å²) in [7, 11) is 0. The molecule has 1 heterocycles. The Morgan fingerprint density at radius 3 is 2.73 bits per heavy atom. The summed E-state index contributed by atoms with van der Waals surface area (Å²) in [5.41, 5.74) is 0.988. The van der Waals surface area contributed by atoms with Gasteiger partial charge in [0.15, 0.2) is 0 Å². The van der Waals surface area contributed by atoms with Crippen LogP contribution in [0.1, 0.15) is 18.4 Å². The molecule has 136 valence electrons. The van der Waals surface area contributed by atoms with Crippen LogP contribution in [-0.2, 0) is 16.1 Å². The first kappa shape index (κ1) is 18.6. The third-order valence-electron chi connectivity index (χ3n) is 4.18. The molecule has 2 aromatic rings. The molecule has 0 bridgehead atoms. The van der Waals surface area contributed by atoms with Gasteiger partial charge in [-0.1, -0.05) is 30.3 Å². The molecule has 1 fully saturated rings. The Kier molecular flexibility index (Phi) is 6.08. The van der Waals surface area contributed by atoms with Crippen molar-refractivity contribution < 1.29 is 18.7 Å². The van der Waals surface area contributed by atoms with E-state index in [2.05, 4.69) is 5.32 Å². The topological polar surface area (TPSA) is 58.6 Å². The molecular weight excluding hydrogens is 450 g/mol. The molecule has 0 unspecified atom stereocenters. The van der Waals surface area contributed by atoms with Gasteiger partial charge in [0, 0.05) is 10.1 Å². The lowest BCUT2D eigenvalue weighted by Crippen LogP contribution is -2.43. The molecule has 5 nitrogen and oxygen atoms in total. The molecule has 0 saturated carbocycles. The third kappa shape index (κ3) is 4.51. The fraction of sp³-hybridized carbons (Fsp3) is 0.263. The number of ether oxygens (including phenoxy) is 1. The maximum Gasteiger partial charge on any atom is 0.410 e. The van der Waals surface area contributed by atoms with Crippen LogP contribution in [0.25, 0.3) is 0 Å². The van der Waals surface area contributed by atoms with Crippen molar-refractivity contribution in [3.63, 3.8) is 0 Å². The highest BCUT2D eigenvalue weighted by Gasteiger charge is 2.35. The molecular formula is C19H18FIN2O3. The summed E-state index contributed by atoms with van der Waals surface area (Å²) in [4.78, 5) is 26.3. The quantitative estimate of drug-likeness (QED) is 0.686. The maximum absolute atomic E-state index is 13.9. The molecule has 1 saturated heterocycles. The van der Waals surface area contributed by atoms with Gasteiger partial charge in [-0.2, -0.15) is 0 Å². The number of likely N-dealkylation sites (tertiary alicyclic amines) is 1. The maximum atomic E-state index is 13.9. The minimum atomic E-state index is -0.656. The number of benzene rings is 2. The van der Waals surface area contributed by atoms with E-state index in [-0.39, 0.29) is 12.3 Å². The van der Waals surface area contributed by atoms with Gasteiger partial charge >= 0.3 is 6.09 Å². The number of hydrogen-bond donors (Lipinski definition) is 1. The number of carbonyl (C=O) groups is 2. The normalized spacial score (nSPS) is 16.4. The highest BCUT2D eigenvalue weighted by atomic mass is 127. The average molecular weight is 468 g/mol. The van der Waals surface area contributed by atoms with Crippen molar-refractivity contribution in [2.45, 2.75) is 25.5 Å². The Morgan fingerprint density at radius 2 is 2.00 bits per heavy atom. The molecule has 0 aliphatic carbocycles. The van der Waals surface area contributed by atoms with Gasteiger partial charge in [-0.3, -0.25) is 9.69 Å². The molecule has 2 amide bonds. The number of anilines is 1. The van der Waals surface area contributed by atoms with Crippen molar-refractivity contribution in [3.8, 4) is 0 Å². The van der Waals surface area contributed by atoms with E-state index in [0.717, 1.165) is 9.13 Å². The second kappa shape index (κ2) is 8.48. The number of amides is 2. The lowest BCUT2D eigenvalue weighted by atomic mass is 10.2. The molecule has 0 radical (unpaired) electrons. The largest absolute Gasteiger partial charge is 0.445 e. The number of nitrogens with one attached hydrogen (secondary N) is 1. The molecule has 1 aliphatic rings. The van der Waals surface area contributed by atoms with Gasteiger partial charge in [-0.05, 0) is 59.2 Å². The van der Waals surface area contributed by atoms with Gasteiger partial charge in [0.2, 0.25) is 5.91 Å². The molecule has 3 rings (SSSR count). The molecule has 26 heavy (non-hydrogen) atoms. The zero-order chi connectivity index (χ0) is 18.5. The Balaban J connectivity index is 1.61. The zero-order valence-electron chi connectivity index (χ0n) is 14.0. The lowest BCUT2D eigenvalue weighted by Gasteiger charge is -2.23. The Bertz CT molecular complexity index is 801. The molecule has 1 aliphatic heterocycles. The smallest absolute Gasteiger partial charge is 0.410 e. The van der Waals surface area contributed by atoms with E-state index in [0.29, 0.717) is 19.4 Å². The van der Waals surface area contributed by atoms with Crippen LogP contribution < -0.4 is 5.32 Å². The van der Waals surface area contributed by atoms with Gasteiger partial charge in [-0.25, -0.2) is 9.18 Å². The predicted octanol–water partition coefficient (Wildman–Crippen LogP) is 4.17. The summed E-state index contributed by atoms with van der Waals surface area (Å²) < 4.78 is 20.0. The standard InChI is InChI=1S/C19H18FIN2O3/c20-15-11-14(21)8-9-16(15)22-18(24)17-7-4-10-23(17)19(25)26-12-13-5-2-1-3-6-13/h1-3,5-6,8-9,11,17H,4,7,10,12H2,(H,22,24)/t17-/m0/s1. The number of halogens is 2. The molecule has 7 heteroatoms. The van der Waals surface area contributed by atoms with Gasteiger partial charge in [0.25, 0.3) is 0 Å². The van der Waals surface area contributed by atoms with Gasteiger partial charge in [-0.15, -0.1) is 0 Å². The highest BCUT2D eigenvalue weighted by molar-refractivity contribution is 14.1. The summed E-state index contributed by atoms with van der Waals surface area (Å²) in [5, 5.41) is 2.57. The van der Waals surface area contributed by atoms with Crippen LogP contribution in [-0.4, -0.2) is 29.5 Å². The molecule has 0 spiro atoms. The van der Waals surface area contributed by atoms with Gasteiger partial charge in [0.05, 0.1) is 5.69 Å². The van der Waals surface area contributed by atoms with Crippen molar-refractivity contribution >= 4 is 40.3 Å². The summed E-state index contributed by atoms with van der Waals surface area (Å²) in [5.74, 6) is -0.902. The highest BCUT2D eigenvalue weighted by Crippen LogP contribution is 2.22. The van der Waals surface area contributed by atoms with E-state index < -0.39 is 23.9 Å². The van der Waals surface area contributed by atoms with Crippen molar-refractivity contribution in [1.29, 1.82) is 0 Å². The van der Waals surface area contributed by atoms with Crippen LogP contribution in [0, 0.1) is 9.39 Å². The Morgan fingerprint density at radius 1 is 1.23 bits per heavy atom. The second-order valence-corrected chi connectivity index (χ2v) is 7.25. The molecule has 2 aromatic carbocycles. The van der Waals surface area contributed by atoms with Gasteiger partial charge in [0.1, 0.15) is 18.5 Å². The Labute approximate surface area is 164 Å². The van der Waals surface area contributed by atoms with Crippen LogP contribution in [0.5, 0.6) is 0 Å². The fourth-order valence-corrected chi connectivity index (χ4v) is 3.32. The average Bonchev–Trinajstić information content (AvgIpc) is 3.13. The first-order valence-electron chi connectivity index (χ1n) is 8.28. The van der Waals surface area contributed by atoms with Crippen LogP contribution in [0.2, 0.25) is 0 Å². The van der Waals surface area contributed by atoms with Crippen molar-refractivity contribution in [3.05, 3.63) is 63.5 Å². The van der Waals surface area contributed by atoms with E-state index >= 15 is 0 Å². The van der Waals surface area contributed by atoms with E-state index in [1.807, 2.05) is 52.9 Å². The van der Waals surface area contributed by atoms with Crippen molar-refractivity contribution in [1.82, 2.24) is 4.90 Å². The predicted molar refractivity (Wildman–Crippen MR) is 104 cm³/mol. The van der Waals surface area contributed by atoms with Crippen molar-refractivity contribution in [2.24, 2.45) is 0 Å². The fourth-order valence-electron chi connectivity index (χ4n) is 2.87. The number of rotatable bonds is 4. The second-order valence-electron chi connectivity index (χ2n) is 6.01. The number of carbonyl (C=O) groups excluding carboxylic acids is 2. The monoisotopic (exact) mass is 468 g/mol. The lowest BCUT2D eigenvalue weighted by molar-refractivity contribution is -0.120. The van der Waals surface area contributed by atoms with Crippen molar-refractivity contribution in [2.75, 3.05) is 11.9 Å². The van der Waals surface area contributed by atoms with Gasteiger partial charge < -0.3 is 10.1 Å². The van der Waals surface area contributed by atoms with Crippen LogP contribution in [0.3, 0.4) is 0 Å². The molecule has 1 atom stereocenters. The Hall–Kier alpha value is -2.16.